The average molecular weight is 419 g/mol. The second-order valence-electron chi connectivity index (χ2n) is 8.23. The van der Waals surface area contributed by atoms with Gasteiger partial charge >= 0.3 is 0 Å². The Labute approximate surface area is 180 Å². The molecule has 0 saturated carbocycles. The van der Waals surface area contributed by atoms with Gasteiger partial charge in [0.2, 0.25) is 5.91 Å². The maximum Gasteiger partial charge on any atom is 0.233 e. The predicted octanol–water partition coefficient (Wildman–Crippen LogP) is 0.703. The molecule has 3 rings (SSSR count). The summed E-state index contributed by atoms with van der Waals surface area (Å²) in [6.07, 6.45) is 8.74. The van der Waals surface area contributed by atoms with Crippen molar-refractivity contribution in [2.75, 3.05) is 39.8 Å². The van der Waals surface area contributed by atoms with Crippen LogP contribution in [0.5, 0.6) is 0 Å². The van der Waals surface area contributed by atoms with Gasteiger partial charge in [0.15, 0.2) is 5.96 Å². The van der Waals surface area contributed by atoms with E-state index in [4.69, 9.17) is 4.99 Å². The van der Waals surface area contributed by atoms with Gasteiger partial charge in [0, 0.05) is 58.7 Å². The normalized spacial score (nSPS) is 18.5. The van der Waals surface area contributed by atoms with E-state index in [1.165, 1.54) is 19.3 Å². The molecule has 2 aliphatic rings. The number of rotatable bonds is 8. The van der Waals surface area contributed by atoms with Crippen LogP contribution >= 0.6 is 0 Å². The largest absolute Gasteiger partial charge is 0.358 e. The number of hydrogen-bond donors (Lipinski definition) is 3. The van der Waals surface area contributed by atoms with Crippen molar-refractivity contribution in [2.24, 2.45) is 4.99 Å². The molecule has 9 nitrogen and oxygen atoms in total. The van der Waals surface area contributed by atoms with Crippen LogP contribution in [-0.2, 0) is 24.2 Å². The highest BCUT2D eigenvalue weighted by Gasteiger charge is 2.21. The Morgan fingerprint density at radius 1 is 1.17 bits per heavy atom. The van der Waals surface area contributed by atoms with Gasteiger partial charge in [-0.05, 0) is 39.0 Å². The molecule has 1 aromatic rings. The van der Waals surface area contributed by atoms with E-state index in [1.807, 2.05) is 0 Å². The molecule has 1 saturated heterocycles. The summed E-state index contributed by atoms with van der Waals surface area (Å²) in [5.41, 5.74) is 0. The summed E-state index contributed by atoms with van der Waals surface area (Å²) in [5.74, 6) is 3.25. The fourth-order valence-electron chi connectivity index (χ4n) is 4.19. The molecule has 0 spiro atoms. The average Bonchev–Trinajstić information content (AvgIpc) is 2.98. The molecule has 1 fully saturated rings. The summed E-state index contributed by atoms with van der Waals surface area (Å²) >= 11 is 0. The number of aliphatic imine (C=N–C) groups is 1. The van der Waals surface area contributed by atoms with E-state index in [-0.39, 0.29) is 5.91 Å². The molecule has 3 N–H and O–H groups in total. The van der Waals surface area contributed by atoms with Gasteiger partial charge in [-0.1, -0.05) is 6.42 Å². The standard InChI is InChI=1S/C21H38N8O/c1-3-23-21(25-17-10-14-28(15-11-17)16-20(30)22-2)24-12-7-9-19-27-26-18-8-5-4-6-13-29(18)19/h17H,3-16H2,1-2H3,(H,22,30)(H2,23,24,25). The van der Waals surface area contributed by atoms with Crippen molar-refractivity contribution in [1.82, 2.24) is 35.6 Å². The third-order valence-electron chi connectivity index (χ3n) is 5.93. The van der Waals surface area contributed by atoms with E-state index in [2.05, 4.69) is 42.5 Å². The monoisotopic (exact) mass is 418 g/mol. The Morgan fingerprint density at radius 3 is 2.77 bits per heavy atom. The number of amides is 1. The Hall–Kier alpha value is -2.16. The van der Waals surface area contributed by atoms with Crippen LogP contribution in [0, 0.1) is 0 Å². The smallest absolute Gasteiger partial charge is 0.233 e. The molecule has 0 unspecified atom stereocenters. The number of carbonyl (C=O) groups excluding carboxylic acids is 1. The number of nitrogens with zero attached hydrogens (tertiary/aromatic N) is 5. The SMILES string of the molecule is CCNC(=NCCCc1nnc2n1CCCCC2)NC1CCN(CC(=O)NC)CC1. The zero-order valence-electron chi connectivity index (χ0n) is 18.6. The number of guanidine groups is 1. The number of aromatic nitrogens is 3. The summed E-state index contributed by atoms with van der Waals surface area (Å²) in [7, 11) is 1.69. The number of fused-ring (bicyclic) bond motifs is 1. The molecule has 3 heterocycles. The van der Waals surface area contributed by atoms with E-state index in [9.17, 15) is 4.79 Å². The zero-order chi connectivity index (χ0) is 21.2. The summed E-state index contributed by atoms with van der Waals surface area (Å²) in [4.78, 5) is 18.5. The molecule has 0 aliphatic carbocycles. The second-order valence-corrected chi connectivity index (χ2v) is 8.23. The lowest BCUT2D eigenvalue weighted by molar-refractivity contribution is -0.122. The van der Waals surface area contributed by atoms with E-state index in [0.717, 1.165) is 82.4 Å². The number of piperidine rings is 1. The molecule has 0 atom stereocenters. The van der Waals surface area contributed by atoms with E-state index in [1.54, 1.807) is 7.05 Å². The first kappa shape index (κ1) is 22.5. The van der Waals surface area contributed by atoms with Crippen molar-refractivity contribution in [3.8, 4) is 0 Å². The van der Waals surface area contributed by atoms with Crippen molar-refractivity contribution in [1.29, 1.82) is 0 Å². The number of likely N-dealkylation sites (tertiary alicyclic amines) is 1. The van der Waals surface area contributed by atoms with E-state index in [0.29, 0.717) is 12.6 Å². The van der Waals surface area contributed by atoms with Gasteiger partial charge in [-0.15, -0.1) is 10.2 Å². The lowest BCUT2D eigenvalue weighted by atomic mass is 10.1. The number of hydrogen-bond acceptors (Lipinski definition) is 5. The predicted molar refractivity (Wildman–Crippen MR) is 119 cm³/mol. The quantitative estimate of drug-likeness (QED) is 0.327. The summed E-state index contributed by atoms with van der Waals surface area (Å²) in [6.45, 7) is 7.12. The fourth-order valence-corrected chi connectivity index (χ4v) is 4.19. The van der Waals surface area contributed by atoms with Crippen molar-refractivity contribution in [3.63, 3.8) is 0 Å². The van der Waals surface area contributed by atoms with Crippen molar-refractivity contribution in [3.05, 3.63) is 11.6 Å². The van der Waals surface area contributed by atoms with Crippen molar-refractivity contribution >= 4 is 11.9 Å². The molecule has 2 aliphatic heterocycles. The molecule has 1 amide bonds. The first-order chi connectivity index (χ1) is 14.7. The van der Waals surface area contributed by atoms with Crippen LogP contribution in [0.1, 0.15) is 57.1 Å². The minimum Gasteiger partial charge on any atom is -0.358 e. The maximum atomic E-state index is 11.5. The Morgan fingerprint density at radius 2 is 2.00 bits per heavy atom. The minimum absolute atomic E-state index is 0.0841. The van der Waals surface area contributed by atoms with Crippen LogP contribution in [0.3, 0.4) is 0 Å². The van der Waals surface area contributed by atoms with Gasteiger partial charge in [0.1, 0.15) is 11.6 Å². The molecule has 9 heteroatoms. The van der Waals surface area contributed by atoms with Crippen LogP contribution in [-0.4, -0.2) is 77.3 Å². The van der Waals surface area contributed by atoms with E-state index < -0.39 is 0 Å². The van der Waals surface area contributed by atoms with Crippen molar-refractivity contribution in [2.45, 2.75) is 70.9 Å². The second kappa shape index (κ2) is 11.9. The van der Waals surface area contributed by atoms with E-state index >= 15 is 0 Å². The van der Waals surface area contributed by atoms with Crippen LogP contribution in [0.15, 0.2) is 4.99 Å². The highest BCUT2D eigenvalue weighted by Crippen LogP contribution is 2.15. The van der Waals surface area contributed by atoms with Gasteiger partial charge in [0.05, 0.1) is 6.54 Å². The topological polar surface area (TPSA) is 99.5 Å². The van der Waals surface area contributed by atoms with Gasteiger partial charge in [-0.2, -0.15) is 0 Å². The molecule has 30 heavy (non-hydrogen) atoms. The first-order valence-corrected chi connectivity index (χ1v) is 11.6. The molecular formula is C21H38N8O. The lowest BCUT2D eigenvalue weighted by Crippen LogP contribution is -2.50. The van der Waals surface area contributed by atoms with Crippen LogP contribution in [0.2, 0.25) is 0 Å². The molecule has 0 bridgehead atoms. The van der Waals surface area contributed by atoms with Crippen LogP contribution in [0.4, 0.5) is 0 Å². The maximum absolute atomic E-state index is 11.5. The summed E-state index contributed by atoms with van der Waals surface area (Å²) in [6, 6.07) is 0.399. The van der Waals surface area contributed by atoms with Crippen molar-refractivity contribution < 1.29 is 4.79 Å². The van der Waals surface area contributed by atoms with Gasteiger partial charge in [-0.3, -0.25) is 14.7 Å². The Bertz CT molecular complexity index is 693. The fraction of sp³-hybridized carbons (Fsp3) is 0.810. The minimum atomic E-state index is 0.0841. The molecule has 0 aromatic carbocycles. The molecule has 1 aromatic heterocycles. The molecule has 168 valence electrons. The van der Waals surface area contributed by atoms with Gasteiger partial charge in [-0.25, -0.2) is 0 Å². The Kier molecular flexibility index (Phi) is 8.92. The van der Waals surface area contributed by atoms with Crippen LogP contribution in [0.25, 0.3) is 0 Å². The highest BCUT2D eigenvalue weighted by atomic mass is 16.1. The highest BCUT2D eigenvalue weighted by molar-refractivity contribution is 5.80. The number of likely N-dealkylation sites (N-methyl/N-ethyl adjacent to an activating group) is 1. The van der Waals surface area contributed by atoms with Crippen LogP contribution < -0.4 is 16.0 Å². The first-order valence-electron chi connectivity index (χ1n) is 11.6. The number of carbonyl (C=O) groups is 1. The number of nitrogens with one attached hydrogen (secondary N) is 3. The Balaban J connectivity index is 1.43. The number of aryl methyl sites for hydroxylation is 2. The molecule has 0 radical (unpaired) electrons. The zero-order valence-corrected chi connectivity index (χ0v) is 18.6. The lowest BCUT2D eigenvalue weighted by Gasteiger charge is -2.32. The van der Waals surface area contributed by atoms with Gasteiger partial charge < -0.3 is 20.5 Å². The summed E-state index contributed by atoms with van der Waals surface area (Å²) < 4.78 is 2.33. The molecular weight excluding hydrogens is 380 g/mol. The summed E-state index contributed by atoms with van der Waals surface area (Å²) in [5, 5.41) is 18.4. The third kappa shape index (κ3) is 6.68. The van der Waals surface area contributed by atoms with Gasteiger partial charge in [0.25, 0.3) is 0 Å². The third-order valence-corrected chi connectivity index (χ3v) is 5.93.